The Morgan fingerprint density at radius 2 is 1.66 bits per heavy atom. The van der Waals surface area contributed by atoms with Gasteiger partial charge in [0.15, 0.2) is 0 Å². The Balaban J connectivity index is 1.43. The number of aromatic nitrogens is 1. The molecule has 0 bridgehead atoms. The van der Waals surface area contributed by atoms with Crippen molar-refractivity contribution >= 4 is 28.7 Å². The van der Waals surface area contributed by atoms with Crippen molar-refractivity contribution in [2.24, 2.45) is 0 Å². The summed E-state index contributed by atoms with van der Waals surface area (Å²) < 4.78 is 0. The van der Waals surface area contributed by atoms with Gasteiger partial charge in [0.2, 0.25) is 0 Å². The van der Waals surface area contributed by atoms with E-state index in [2.05, 4.69) is 39.5 Å². The summed E-state index contributed by atoms with van der Waals surface area (Å²) in [5.74, 6) is -0.0970. The Kier molecular flexibility index (Phi) is 5.75. The zero-order valence-corrected chi connectivity index (χ0v) is 16.7. The van der Waals surface area contributed by atoms with E-state index in [-0.39, 0.29) is 5.91 Å². The Hall–Kier alpha value is -3.34. The molecule has 0 spiro atoms. The maximum absolute atomic E-state index is 12.8. The Morgan fingerprint density at radius 3 is 2.28 bits per heavy atom. The Bertz CT molecular complexity index is 933. The van der Waals surface area contributed by atoms with Crippen molar-refractivity contribution in [2.75, 3.05) is 34.8 Å². The Labute approximate surface area is 172 Å². The normalized spacial score (nSPS) is 13.3. The number of benzene rings is 2. The second-order valence-electron chi connectivity index (χ2n) is 7.18. The molecule has 0 saturated carbocycles. The molecule has 2 aromatic carbocycles. The molecule has 0 atom stereocenters. The molecule has 1 aliphatic rings. The predicted octanol–water partition coefficient (Wildman–Crippen LogP) is 5.09. The number of carbonyl (C=O) groups excluding carboxylic acids is 1. The summed E-state index contributed by atoms with van der Waals surface area (Å²) in [6, 6.07) is 21.8. The molecule has 0 radical (unpaired) electrons. The monoisotopic (exact) mass is 386 g/mol. The quantitative estimate of drug-likeness (QED) is 0.641. The van der Waals surface area contributed by atoms with E-state index in [0.717, 1.165) is 30.2 Å². The van der Waals surface area contributed by atoms with Crippen molar-refractivity contribution in [1.82, 2.24) is 4.98 Å². The van der Waals surface area contributed by atoms with E-state index in [1.165, 1.54) is 18.5 Å². The molecule has 1 fully saturated rings. The highest BCUT2D eigenvalue weighted by Gasteiger charge is 2.17. The molecule has 148 valence electrons. The molecule has 1 amide bonds. The molecule has 2 heterocycles. The van der Waals surface area contributed by atoms with Gasteiger partial charge in [-0.05, 0) is 68.3 Å². The molecule has 5 heteroatoms. The lowest BCUT2D eigenvalue weighted by atomic mass is 10.2. The van der Waals surface area contributed by atoms with Gasteiger partial charge in [0, 0.05) is 36.7 Å². The van der Waals surface area contributed by atoms with Crippen molar-refractivity contribution < 1.29 is 4.79 Å². The number of hydrogen-bond donors (Lipinski definition) is 1. The van der Waals surface area contributed by atoms with Crippen LogP contribution in [0, 0.1) is 0 Å². The predicted molar refractivity (Wildman–Crippen MR) is 119 cm³/mol. The van der Waals surface area contributed by atoms with Crippen molar-refractivity contribution in [2.45, 2.75) is 19.8 Å². The molecule has 1 N–H and O–H groups in total. The first-order valence-electron chi connectivity index (χ1n) is 10.2. The highest BCUT2D eigenvalue weighted by atomic mass is 16.2. The topological polar surface area (TPSA) is 48.5 Å². The number of carbonyl (C=O) groups is 1. The lowest BCUT2D eigenvalue weighted by Crippen LogP contribution is -2.31. The molecule has 1 aromatic heterocycles. The van der Waals surface area contributed by atoms with Crippen LogP contribution in [0.5, 0.6) is 0 Å². The highest BCUT2D eigenvalue weighted by Crippen LogP contribution is 2.24. The van der Waals surface area contributed by atoms with Crippen LogP contribution in [0.15, 0.2) is 72.9 Å². The minimum absolute atomic E-state index is 0.0970. The van der Waals surface area contributed by atoms with Crippen molar-refractivity contribution in [3.63, 3.8) is 0 Å². The third-order valence-electron chi connectivity index (χ3n) is 5.24. The molecule has 3 aromatic rings. The second-order valence-corrected chi connectivity index (χ2v) is 7.18. The van der Waals surface area contributed by atoms with Crippen molar-refractivity contribution in [3.8, 4) is 0 Å². The van der Waals surface area contributed by atoms with Crippen LogP contribution in [0.4, 0.5) is 22.7 Å². The molecule has 1 aliphatic heterocycles. The molecular formula is C24H26N4O. The van der Waals surface area contributed by atoms with Crippen LogP contribution < -0.4 is 15.1 Å². The van der Waals surface area contributed by atoms with Gasteiger partial charge >= 0.3 is 0 Å². The lowest BCUT2D eigenvalue weighted by molar-refractivity contribution is 0.0983. The standard InChI is InChI=1S/C24H26N4O/c1-2-28(22-8-4-3-5-9-22)24(29)23-15-12-20(18-25-23)26-19-10-13-21(14-11-19)27-16-6-7-17-27/h3-5,8-15,18,26H,2,6-7,16-17H2,1H3. The van der Waals surface area contributed by atoms with E-state index >= 15 is 0 Å². The largest absolute Gasteiger partial charge is 0.372 e. The van der Waals surface area contributed by atoms with Crippen LogP contribution in [0.1, 0.15) is 30.3 Å². The fourth-order valence-corrected chi connectivity index (χ4v) is 3.68. The number of anilines is 4. The number of rotatable bonds is 6. The maximum Gasteiger partial charge on any atom is 0.276 e. The first-order valence-corrected chi connectivity index (χ1v) is 10.2. The molecule has 29 heavy (non-hydrogen) atoms. The van der Waals surface area contributed by atoms with E-state index < -0.39 is 0 Å². The average molecular weight is 386 g/mol. The Morgan fingerprint density at radius 1 is 0.966 bits per heavy atom. The molecule has 5 nitrogen and oxygen atoms in total. The van der Waals surface area contributed by atoms with Crippen LogP contribution in [0.2, 0.25) is 0 Å². The first kappa shape index (κ1) is 19.0. The maximum atomic E-state index is 12.8. The number of nitrogens with zero attached hydrogens (tertiary/aromatic N) is 3. The number of pyridine rings is 1. The third kappa shape index (κ3) is 4.40. The number of nitrogens with one attached hydrogen (secondary N) is 1. The van der Waals surface area contributed by atoms with Crippen molar-refractivity contribution in [1.29, 1.82) is 0 Å². The summed E-state index contributed by atoms with van der Waals surface area (Å²) in [6.07, 6.45) is 4.26. The summed E-state index contributed by atoms with van der Waals surface area (Å²) in [7, 11) is 0. The van der Waals surface area contributed by atoms with Crippen LogP contribution in [-0.2, 0) is 0 Å². The summed E-state index contributed by atoms with van der Waals surface area (Å²) in [6.45, 7) is 4.84. The van der Waals surface area contributed by atoms with Gasteiger partial charge in [-0.2, -0.15) is 0 Å². The van der Waals surface area contributed by atoms with Crippen LogP contribution in [0.3, 0.4) is 0 Å². The van der Waals surface area contributed by atoms with Gasteiger partial charge in [-0.1, -0.05) is 18.2 Å². The van der Waals surface area contributed by atoms with Gasteiger partial charge in [0.05, 0.1) is 11.9 Å². The van der Waals surface area contributed by atoms with E-state index in [4.69, 9.17) is 0 Å². The zero-order valence-electron chi connectivity index (χ0n) is 16.7. The van der Waals surface area contributed by atoms with Crippen LogP contribution in [0.25, 0.3) is 0 Å². The molecule has 4 rings (SSSR count). The van der Waals surface area contributed by atoms with Gasteiger partial charge in [-0.15, -0.1) is 0 Å². The van der Waals surface area contributed by atoms with E-state index in [0.29, 0.717) is 12.2 Å². The van der Waals surface area contributed by atoms with Crippen LogP contribution >= 0.6 is 0 Å². The van der Waals surface area contributed by atoms with Gasteiger partial charge in [-0.25, -0.2) is 4.98 Å². The lowest BCUT2D eigenvalue weighted by Gasteiger charge is -2.20. The fraction of sp³-hybridized carbons (Fsp3) is 0.250. The number of amides is 1. The molecule has 0 unspecified atom stereocenters. The summed E-state index contributed by atoms with van der Waals surface area (Å²) in [4.78, 5) is 21.4. The SMILES string of the molecule is CCN(C(=O)c1ccc(Nc2ccc(N3CCCC3)cc2)cn1)c1ccccc1. The minimum Gasteiger partial charge on any atom is -0.372 e. The van der Waals surface area contributed by atoms with Gasteiger partial charge in [0.25, 0.3) is 5.91 Å². The van der Waals surface area contributed by atoms with Crippen molar-refractivity contribution in [3.05, 3.63) is 78.6 Å². The number of para-hydroxylation sites is 1. The van der Waals surface area contributed by atoms with E-state index in [9.17, 15) is 4.79 Å². The third-order valence-corrected chi connectivity index (χ3v) is 5.24. The summed E-state index contributed by atoms with van der Waals surface area (Å²) in [5.41, 5.74) is 4.45. The minimum atomic E-state index is -0.0970. The summed E-state index contributed by atoms with van der Waals surface area (Å²) in [5, 5.41) is 3.36. The van der Waals surface area contributed by atoms with E-state index in [1.807, 2.05) is 43.3 Å². The fourth-order valence-electron chi connectivity index (χ4n) is 3.68. The highest BCUT2D eigenvalue weighted by molar-refractivity contribution is 6.04. The summed E-state index contributed by atoms with van der Waals surface area (Å²) >= 11 is 0. The molecule has 0 aliphatic carbocycles. The van der Waals surface area contributed by atoms with Gasteiger partial charge in [-0.3, -0.25) is 4.79 Å². The van der Waals surface area contributed by atoms with Crippen LogP contribution in [-0.4, -0.2) is 30.5 Å². The smallest absolute Gasteiger partial charge is 0.276 e. The number of hydrogen-bond acceptors (Lipinski definition) is 4. The molecular weight excluding hydrogens is 360 g/mol. The first-order chi connectivity index (χ1) is 14.2. The molecule has 1 saturated heterocycles. The van der Waals surface area contributed by atoms with E-state index in [1.54, 1.807) is 17.2 Å². The average Bonchev–Trinajstić information content (AvgIpc) is 3.31. The van der Waals surface area contributed by atoms with Gasteiger partial charge in [0.1, 0.15) is 5.69 Å². The zero-order chi connectivity index (χ0) is 20.1. The second kappa shape index (κ2) is 8.78. The van der Waals surface area contributed by atoms with Gasteiger partial charge < -0.3 is 15.1 Å².